The second kappa shape index (κ2) is 18.3. The van der Waals surface area contributed by atoms with E-state index in [1.165, 1.54) is 21.2 Å². The van der Waals surface area contributed by atoms with Gasteiger partial charge in [0.15, 0.2) is 0 Å². The van der Waals surface area contributed by atoms with Gasteiger partial charge in [0.25, 0.3) is 5.97 Å². The van der Waals surface area contributed by atoms with Crippen LogP contribution < -0.4 is 31.8 Å². The minimum atomic E-state index is -0.774. The summed E-state index contributed by atoms with van der Waals surface area (Å²) in [6, 6.07) is 53.1. The molecule has 6 aromatic rings. The molecule has 6 rings (SSSR count). The number of ether oxygens (including phenoxy) is 2. The van der Waals surface area contributed by atoms with Crippen LogP contribution in [-0.4, -0.2) is 25.2 Å². The molecule has 244 valence electrons. The fourth-order valence-corrected chi connectivity index (χ4v) is 10.0. The molecule has 0 saturated carbocycles. The van der Waals surface area contributed by atoms with Gasteiger partial charge in [-0.15, -0.1) is 5.30 Å². The maximum absolute atomic E-state index is 12.3. The van der Waals surface area contributed by atoms with Crippen LogP contribution >= 0.6 is 15.8 Å². The van der Waals surface area contributed by atoms with Gasteiger partial charge < -0.3 is 43.3 Å². The van der Waals surface area contributed by atoms with E-state index in [4.69, 9.17) is 9.47 Å². The van der Waals surface area contributed by atoms with Crippen LogP contribution in [0.2, 0.25) is 0 Å². The third kappa shape index (κ3) is 9.04. The van der Waals surface area contributed by atoms with Gasteiger partial charge in [-0.25, -0.2) is 12.1 Å². The molecule has 0 heterocycles. The Morgan fingerprint density at radius 1 is 0.596 bits per heavy atom. The van der Waals surface area contributed by atoms with Gasteiger partial charge in [0.05, 0.1) is 13.2 Å². The zero-order valence-electron chi connectivity index (χ0n) is 26.3. The molecular weight excluding hydrogens is 662 g/mol. The molecule has 0 aliphatic heterocycles. The van der Waals surface area contributed by atoms with E-state index in [-0.39, 0.29) is 29.0 Å². The normalized spacial score (nSPS) is 10.5. The van der Waals surface area contributed by atoms with Gasteiger partial charge in [-0.2, -0.15) is 14.0 Å². The van der Waals surface area contributed by atoms with E-state index in [1.54, 1.807) is 0 Å². The molecule has 0 N–H and O–H groups in total. The molecule has 6 aromatic carbocycles. The van der Waals surface area contributed by atoms with Crippen molar-refractivity contribution < 1.29 is 36.1 Å². The summed E-state index contributed by atoms with van der Waals surface area (Å²) in [4.78, 5) is 24.6. The number of hydrogen-bond donors (Lipinski definition) is 0. The van der Waals surface area contributed by atoms with Crippen LogP contribution in [0.25, 0.3) is 0 Å². The van der Waals surface area contributed by atoms with Gasteiger partial charge in [-0.1, -0.05) is 127 Å². The second-order valence-corrected chi connectivity index (χ2v) is 14.5. The van der Waals surface area contributed by atoms with Crippen molar-refractivity contribution in [1.82, 2.24) is 0 Å². The van der Waals surface area contributed by atoms with E-state index in [1.807, 2.05) is 123 Å². The number of carbonyl (C=O) groups is 2. The molecule has 47 heavy (non-hydrogen) atoms. The number of benzene rings is 4. The predicted molar refractivity (Wildman–Crippen MR) is 193 cm³/mol. The van der Waals surface area contributed by atoms with Crippen molar-refractivity contribution in [2.24, 2.45) is 0 Å². The van der Waals surface area contributed by atoms with Gasteiger partial charge in [-0.05, 0) is 48.6 Å². The van der Waals surface area contributed by atoms with Gasteiger partial charge >= 0.3 is 0 Å². The van der Waals surface area contributed by atoms with E-state index < -0.39 is 15.8 Å². The van der Waals surface area contributed by atoms with Crippen molar-refractivity contribution in [3.8, 4) is 0 Å². The van der Waals surface area contributed by atoms with Crippen molar-refractivity contribution in [3.05, 3.63) is 169 Å². The first-order chi connectivity index (χ1) is 22.6. The first-order valence-corrected chi connectivity index (χ1v) is 18.0. The summed E-state index contributed by atoms with van der Waals surface area (Å²) in [5, 5.41) is 7.01. The molecule has 0 amide bonds. The first kappa shape index (κ1) is 35.7. The number of rotatable bonds is 10. The third-order valence-electron chi connectivity index (χ3n) is 7.12. The molecule has 0 saturated heterocycles. The fraction of sp³-hybridized carbons (Fsp3) is 0.100. The van der Waals surface area contributed by atoms with E-state index >= 15 is 0 Å². The third-order valence-corrected chi connectivity index (χ3v) is 12.1. The van der Waals surface area contributed by atoms with Crippen LogP contribution in [0.3, 0.4) is 0 Å². The second-order valence-electron chi connectivity index (χ2n) is 10.1. The summed E-state index contributed by atoms with van der Waals surface area (Å²) in [5.41, 5.74) is 1.34. The minimum absolute atomic E-state index is 0. The fourth-order valence-electron chi connectivity index (χ4n) is 5.14. The summed E-state index contributed by atoms with van der Waals surface area (Å²) >= 11 is 0. The van der Waals surface area contributed by atoms with Crippen molar-refractivity contribution in [2.75, 3.05) is 13.2 Å². The summed E-state index contributed by atoms with van der Waals surface area (Å²) in [7, 11) is -1.55. The topological polar surface area (TPSA) is 52.6 Å². The molecule has 4 nitrogen and oxygen atoms in total. The summed E-state index contributed by atoms with van der Waals surface area (Å²) in [6.07, 6.45) is 0. The number of carbonyl (C=O) groups excluding carboxylic acids is 2. The molecular formula is C40H36FeO4P2-6. The van der Waals surface area contributed by atoms with Crippen LogP contribution in [-0.2, 0) is 26.5 Å². The average molecular weight is 699 g/mol. The van der Waals surface area contributed by atoms with Crippen molar-refractivity contribution in [2.45, 2.75) is 13.8 Å². The monoisotopic (exact) mass is 698 g/mol. The van der Waals surface area contributed by atoms with E-state index in [9.17, 15) is 9.59 Å². The van der Waals surface area contributed by atoms with Gasteiger partial charge in [0.2, 0.25) is 0 Å². The molecule has 0 unspecified atom stereocenters. The average Bonchev–Trinajstić information content (AvgIpc) is 3.79. The van der Waals surface area contributed by atoms with Crippen LogP contribution in [0.1, 0.15) is 34.6 Å². The van der Waals surface area contributed by atoms with E-state index in [2.05, 4.69) is 48.5 Å². The summed E-state index contributed by atoms with van der Waals surface area (Å²) in [5.74, 6) is -0.487. The molecule has 0 aliphatic carbocycles. The van der Waals surface area contributed by atoms with Crippen LogP contribution in [0.15, 0.2) is 158 Å². The van der Waals surface area contributed by atoms with Crippen molar-refractivity contribution in [1.29, 1.82) is 0 Å². The Kier molecular flexibility index (Phi) is 13.9. The standard InChI is InChI=1S/2C20H18O2P.Fe/c2*1-2-22-20(21)18-14-9-15-19(18)23(16-10-5-3-6-11-16)17-12-7-4-8-13-17;/h2*3-15H,2H2,1H3;/q-5;-1;. The van der Waals surface area contributed by atoms with Crippen molar-refractivity contribution in [3.63, 3.8) is 0 Å². The molecule has 7 heteroatoms. The Morgan fingerprint density at radius 3 is 1.51 bits per heavy atom. The summed E-state index contributed by atoms with van der Waals surface area (Å²) < 4.78 is 10.4. The molecule has 0 fully saturated rings. The quantitative estimate of drug-likeness (QED) is 0.0694. The zero-order valence-corrected chi connectivity index (χ0v) is 29.2. The Hall–Kier alpha value is -4.10. The number of hydrogen-bond acceptors (Lipinski definition) is 4. The largest absolute Gasteiger partial charge is 0.673 e. The molecule has 0 spiro atoms. The van der Waals surface area contributed by atoms with Crippen molar-refractivity contribution >= 4 is 59.6 Å². The minimum Gasteiger partial charge on any atom is -0.673 e. The van der Waals surface area contributed by atoms with E-state index in [0.717, 1.165) is 10.6 Å². The molecule has 0 aromatic heterocycles. The Labute approximate surface area is 290 Å². The zero-order chi connectivity index (χ0) is 32.1. The van der Waals surface area contributed by atoms with Gasteiger partial charge in [0.1, 0.15) is 0 Å². The smallest absolute Gasteiger partial charge is 0.281 e. The summed E-state index contributed by atoms with van der Waals surface area (Å²) in [6.45, 7) is 4.44. The molecule has 0 bridgehead atoms. The first-order valence-electron chi connectivity index (χ1n) is 15.3. The van der Waals surface area contributed by atoms with Crippen LogP contribution in [0, 0.1) is 0 Å². The molecule has 0 radical (unpaired) electrons. The SMILES string of the molecule is CCOC(=O)[c-]1[cH-][cH-][cH-][c-]1P(c1ccccc1)c1ccccc1.CCOC(=O)[c-]1cccc1P(c1ccccc1)c1ccccc1.[Fe]. The van der Waals surface area contributed by atoms with Gasteiger partial charge in [0, 0.05) is 17.1 Å². The van der Waals surface area contributed by atoms with Gasteiger partial charge in [-0.3, -0.25) is 4.79 Å². The van der Waals surface area contributed by atoms with E-state index in [0.29, 0.717) is 24.3 Å². The van der Waals surface area contributed by atoms with Crippen LogP contribution in [0.5, 0.6) is 0 Å². The number of esters is 2. The maximum Gasteiger partial charge on any atom is 0.281 e. The predicted octanol–water partition coefficient (Wildman–Crippen LogP) is 6.68. The van der Waals surface area contributed by atoms with Crippen LogP contribution in [0.4, 0.5) is 0 Å². The Morgan fingerprint density at radius 2 is 1.04 bits per heavy atom. The Balaban J connectivity index is 0.000000208. The molecule has 0 atom stereocenters. The Bertz CT molecular complexity index is 1590. The molecule has 0 aliphatic rings. The maximum atomic E-state index is 12.3.